The molecule has 0 aliphatic heterocycles. The van der Waals surface area contributed by atoms with Gasteiger partial charge in [0.2, 0.25) is 0 Å². The lowest BCUT2D eigenvalue weighted by Gasteiger charge is -2.23. The summed E-state index contributed by atoms with van der Waals surface area (Å²) in [5, 5.41) is 14.4. The van der Waals surface area contributed by atoms with Crippen LogP contribution in [0.5, 0.6) is 0 Å². The minimum absolute atomic E-state index is 0.0925. The van der Waals surface area contributed by atoms with Crippen LogP contribution in [0.25, 0.3) is 5.69 Å². The Kier molecular flexibility index (Phi) is 6.49. The van der Waals surface area contributed by atoms with Crippen LogP contribution in [-0.2, 0) is 4.74 Å². The Hall–Kier alpha value is -3.23. The van der Waals surface area contributed by atoms with Crippen molar-refractivity contribution in [1.82, 2.24) is 9.78 Å². The van der Waals surface area contributed by atoms with Crippen molar-refractivity contribution in [2.45, 2.75) is 6.10 Å². The van der Waals surface area contributed by atoms with Gasteiger partial charge in [-0.1, -0.05) is 35.9 Å². The number of rotatable bonds is 6. The van der Waals surface area contributed by atoms with Gasteiger partial charge in [-0.05, 0) is 29.8 Å². The van der Waals surface area contributed by atoms with E-state index in [0.29, 0.717) is 11.3 Å². The minimum Gasteiger partial charge on any atom is -0.465 e. The van der Waals surface area contributed by atoms with Gasteiger partial charge < -0.3 is 14.7 Å². The van der Waals surface area contributed by atoms with Gasteiger partial charge in [-0.15, -0.1) is 0 Å². The minimum atomic E-state index is -0.936. The van der Waals surface area contributed by atoms with Crippen LogP contribution in [-0.4, -0.2) is 41.6 Å². The molecule has 30 heavy (non-hydrogen) atoms. The summed E-state index contributed by atoms with van der Waals surface area (Å²) in [5.74, 6) is -1.01. The number of aliphatic hydroxyl groups is 1. The van der Waals surface area contributed by atoms with Crippen molar-refractivity contribution < 1.29 is 19.0 Å². The number of likely N-dealkylation sites (N-methyl/N-ethyl adjacent to an activating group) is 1. The second-order valence-electron chi connectivity index (χ2n) is 6.52. The number of hydrogen-bond donors (Lipinski definition) is 1. The van der Waals surface area contributed by atoms with Crippen LogP contribution in [0.2, 0.25) is 5.02 Å². The van der Waals surface area contributed by atoms with Crippen molar-refractivity contribution in [3.63, 3.8) is 0 Å². The molecule has 0 spiro atoms. The van der Waals surface area contributed by atoms with Gasteiger partial charge in [-0.25, -0.2) is 9.18 Å². The standard InChI is InChI=1S/C21H19ClFN3O4/c1-25(12-18(27)13-7-9-14(23)10-8-13)17-11-24-26(20(28)19(17)22)16-6-4-3-5-15(16)21(29)30-2/h3-11,18,27H,12H2,1-2H3. The van der Waals surface area contributed by atoms with Crippen LogP contribution < -0.4 is 10.5 Å². The van der Waals surface area contributed by atoms with Gasteiger partial charge in [0.05, 0.1) is 36.3 Å². The molecular formula is C21H19ClFN3O4. The maximum Gasteiger partial charge on any atom is 0.340 e. The van der Waals surface area contributed by atoms with Crippen molar-refractivity contribution >= 4 is 23.3 Å². The van der Waals surface area contributed by atoms with E-state index in [2.05, 4.69) is 5.10 Å². The average Bonchev–Trinajstić information content (AvgIpc) is 2.75. The lowest BCUT2D eigenvalue weighted by molar-refractivity contribution is 0.0600. The van der Waals surface area contributed by atoms with Crippen molar-refractivity contribution in [2.75, 3.05) is 25.6 Å². The fraction of sp³-hybridized carbons (Fsp3) is 0.190. The molecule has 0 aliphatic rings. The van der Waals surface area contributed by atoms with E-state index >= 15 is 0 Å². The Labute approximate surface area is 176 Å². The molecule has 3 aromatic rings. The van der Waals surface area contributed by atoms with E-state index in [9.17, 15) is 19.1 Å². The summed E-state index contributed by atoms with van der Waals surface area (Å²) in [6, 6.07) is 11.8. The SMILES string of the molecule is COC(=O)c1ccccc1-n1ncc(N(C)CC(O)c2ccc(F)cc2)c(Cl)c1=O. The van der Waals surface area contributed by atoms with Crippen LogP contribution in [0, 0.1) is 5.82 Å². The highest BCUT2D eigenvalue weighted by atomic mass is 35.5. The zero-order valence-corrected chi connectivity index (χ0v) is 17.0. The van der Waals surface area contributed by atoms with Gasteiger partial charge in [0.25, 0.3) is 5.56 Å². The van der Waals surface area contributed by atoms with Crippen LogP contribution in [0.15, 0.2) is 59.5 Å². The van der Waals surface area contributed by atoms with Crippen molar-refractivity contribution in [3.05, 3.63) is 87.0 Å². The topological polar surface area (TPSA) is 84.7 Å². The molecule has 0 fully saturated rings. The first-order valence-electron chi connectivity index (χ1n) is 8.93. The largest absolute Gasteiger partial charge is 0.465 e. The third kappa shape index (κ3) is 4.34. The number of carbonyl (C=O) groups excluding carboxylic acids is 1. The van der Waals surface area contributed by atoms with Gasteiger partial charge >= 0.3 is 5.97 Å². The van der Waals surface area contributed by atoms with E-state index in [1.54, 1.807) is 30.1 Å². The zero-order valence-electron chi connectivity index (χ0n) is 16.3. The molecule has 0 saturated heterocycles. The maximum absolute atomic E-state index is 13.1. The normalized spacial score (nSPS) is 11.8. The smallest absolute Gasteiger partial charge is 0.340 e. The number of aliphatic hydroxyl groups excluding tert-OH is 1. The number of ether oxygens (including phenoxy) is 1. The Morgan fingerprint density at radius 2 is 1.93 bits per heavy atom. The van der Waals surface area contributed by atoms with Crippen molar-refractivity contribution in [2.24, 2.45) is 0 Å². The van der Waals surface area contributed by atoms with Crippen molar-refractivity contribution in [3.8, 4) is 5.69 Å². The summed E-state index contributed by atoms with van der Waals surface area (Å²) in [7, 11) is 2.88. The van der Waals surface area contributed by atoms with Gasteiger partial charge in [-0.3, -0.25) is 4.79 Å². The molecule has 0 aliphatic carbocycles. The molecule has 0 bridgehead atoms. The molecule has 9 heteroatoms. The average molecular weight is 432 g/mol. The molecule has 1 atom stereocenters. The van der Waals surface area contributed by atoms with Gasteiger partial charge in [-0.2, -0.15) is 9.78 Å². The number of para-hydroxylation sites is 1. The first-order valence-corrected chi connectivity index (χ1v) is 9.31. The van der Waals surface area contributed by atoms with Crippen LogP contribution in [0.3, 0.4) is 0 Å². The van der Waals surface area contributed by atoms with E-state index in [4.69, 9.17) is 16.3 Å². The summed E-state index contributed by atoms with van der Waals surface area (Å²) in [6.07, 6.45) is 0.434. The van der Waals surface area contributed by atoms with Gasteiger partial charge in [0.1, 0.15) is 10.8 Å². The Bertz CT molecular complexity index is 1120. The molecule has 156 valence electrons. The monoisotopic (exact) mass is 431 g/mol. The highest BCUT2D eigenvalue weighted by Gasteiger charge is 2.20. The van der Waals surface area contributed by atoms with Crippen LogP contribution in [0.4, 0.5) is 10.1 Å². The number of methoxy groups -OCH3 is 1. The molecule has 3 rings (SSSR count). The summed E-state index contributed by atoms with van der Waals surface area (Å²) in [4.78, 5) is 26.4. The fourth-order valence-corrected chi connectivity index (χ4v) is 3.22. The Morgan fingerprint density at radius 1 is 1.27 bits per heavy atom. The first kappa shape index (κ1) is 21.5. The molecule has 0 amide bonds. The van der Waals surface area contributed by atoms with E-state index < -0.39 is 23.4 Å². The predicted octanol–water partition coefficient (Wildman–Crippen LogP) is 2.98. The first-order chi connectivity index (χ1) is 14.3. The Morgan fingerprint density at radius 3 is 2.60 bits per heavy atom. The Balaban J connectivity index is 1.91. The van der Waals surface area contributed by atoms with E-state index in [-0.39, 0.29) is 22.8 Å². The molecular weight excluding hydrogens is 413 g/mol. The molecule has 1 unspecified atom stereocenters. The number of benzene rings is 2. The van der Waals surface area contributed by atoms with E-state index in [1.807, 2.05) is 0 Å². The number of nitrogens with zero attached hydrogens (tertiary/aromatic N) is 3. The summed E-state index contributed by atoms with van der Waals surface area (Å²) < 4.78 is 18.8. The van der Waals surface area contributed by atoms with Crippen LogP contribution >= 0.6 is 11.6 Å². The van der Waals surface area contributed by atoms with Gasteiger partial charge in [0.15, 0.2) is 0 Å². The van der Waals surface area contributed by atoms with E-state index in [0.717, 1.165) is 4.68 Å². The number of carbonyl (C=O) groups is 1. The number of halogens is 2. The second-order valence-corrected chi connectivity index (χ2v) is 6.90. The molecule has 2 aromatic carbocycles. The number of esters is 1. The molecule has 1 aromatic heterocycles. The third-order valence-electron chi connectivity index (χ3n) is 4.55. The molecule has 1 heterocycles. The second kappa shape index (κ2) is 9.06. The van der Waals surface area contributed by atoms with Gasteiger partial charge in [0, 0.05) is 13.6 Å². The maximum atomic E-state index is 13.1. The fourth-order valence-electron chi connectivity index (χ4n) is 2.95. The van der Waals surface area contributed by atoms with Crippen LogP contribution in [0.1, 0.15) is 22.0 Å². The summed E-state index contributed by atoms with van der Waals surface area (Å²) in [6.45, 7) is 0.0925. The zero-order chi connectivity index (χ0) is 21.8. The van der Waals surface area contributed by atoms with E-state index in [1.165, 1.54) is 43.6 Å². The highest BCUT2D eigenvalue weighted by molar-refractivity contribution is 6.33. The van der Waals surface area contributed by atoms with Crippen molar-refractivity contribution in [1.29, 1.82) is 0 Å². The number of anilines is 1. The summed E-state index contributed by atoms with van der Waals surface area (Å²) >= 11 is 6.30. The lowest BCUT2D eigenvalue weighted by Crippen LogP contribution is -2.29. The third-order valence-corrected chi connectivity index (χ3v) is 4.91. The number of aromatic nitrogens is 2. The summed E-state index contributed by atoms with van der Waals surface area (Å²) in [5.41, 5.74) is 0.589. The lowest BCUT2D eigenvalue weighted by atomic mass is 10.1. The quantitative estimate of drug-likeness (QED) is 0.604. The molecule has 7 nitrogen and oxygen atoms in total. The molecule has 1 N–H and O–H groups in total. The number of hydrogen-bond acceptors (Lipinski definition) is 6. The predicted molar refractivity (Wildman–Crippen MR) is 111 cm³/mol. The molecule has 0 radical (unpaired) electrons. The highest BCUT2D eigenvalue weighted by Crippen LogP contribution is 2.24. The molecule has 0 saturated carbocycles.